The van der Waals surface area contributed by atoms with Crippen molar-refractivity contribution >= 4 is 41.1 Å². The lowest BCUT2D eigenvalue weighted by Crippen LogP contribution is -2.37. The average molecular weight is 877 g/mol. The van der Waals surface area contributed by atoms with Gasteiger partial charge >= 0.3 is 6.09 Å². The van der Waals surface area contributed by atoms with Gasteiger partial charge in [-0.15, -0.1) is 0 Å². The number of ether oxygens (including phenoxy) is 3. The summed E-state index contributed by atoms with van der Waals surface area (Å²) in [5.41, 5.74) is 4.00. The maximum atomic E-state index is 14.5. The Morgan fingerprint density at radius 2 is 1.48 bits per heavy atom. The van der Waals surface area contributed by atoms with Crippen LogP contribution in [-0.2, 0) is 30.5 Å². The number of carbonyl (C=O) groups excluding carboxylic acids is 2. The summed E-state index contributed by atoms with van der Waals surface area (Å²) < 4.78 is 69.7. The van der Waals surface area contributed by atoms with Gasteiger partial charge in [0, 0.05) is 53.8 Å². The number of aldehydes is 1. The molecule has 14 nitrogen and oxygen atoms in total. The van der Waals surface area contributed by atoms with E-state index in [2.05, 4.69) is 46.4 Å². The molecule has 0 saturated carbocycles. The molecule has 0 bridgehead atoms. The summed E-state index contributed by atoms with van der Waals surface area (Å²) in [6.07, 6.45) is 13.0. The zero-order chi connectivity index (χ0) is 45.8. The number of rotatable bonds is 11. The van der Waals surface area contributed by atoms with E-state index in [0.29, 0.717) is 71.0 Å². The number of nitrogens with zero attached hydrogens (tertiary/aromatic N) is 7. The molecule has 0 unspecified atom stereocenters. The van der Waals surface area contributed by atoms with Crippen LogP contribution >= 0.6 is 0 Å². The van der Waals surface area contributed by atoms with E-state index in [9.17, 15) is 27.2 Å². The third-order valence-corrected chi connectivity index (χ3v) is 9.15. The van der Waals surface area contributed by atoms with Gasteiger partial charge in [-0.05, 0) is 74.6 Å². The quantitative estimate of drug-likeness (QED) is 0.0549. The van der Waals surface area contributed by atoms with Crippen molar-refractivity contribution < 1.29 is 41.4 Å². The minimum absolute atomic E-state index is 0.0261. The predicted octanol–water partition coefficient (Wildman–Crippen LogP) is 8.81. The average Bonchev–Trinajstić information content (AvgIpc) is 3.92. The Balaban J connectivity index is 0.000000175. The molecular formula is C46H42F4N9O5+. The molecule has 0 atom stereocenters. The third-order valence-electron chi connectivity index (χ3n) is 9.15. The lowest BCUT2D eigenvalue weighted by molar-refractivity contribution is 0.0576. The van der Waals surface area contributed by atoms with E-state index in [-0.39, 0.29) is 23.7 Å². The molecule has 328 valence electrons. The molecule has 7 aromatic heterocycles. The van der Waals surface area contributed by atoms with Crippen LogP contribution in [0.5, 0.6) is 11.8 Å². The number of hydrogen-bond acceptors (Lipinski definition) is 12. The zero-order valence-corrected chi connectivity index (χ0v) is 35.3. The van der Waals surface area contributed by atoms with Crippen molar-refractivity contribution in [2.24, 2.45) is 0 Å². The number of halogens is 4. The van der Waals surface area contributed by atoms with Crippen LogP contribution in [0.3, 0.4) is 0 Å². The van der Waals surface area contributed by atoms with E-state index >= 15 is 0 Å². The van der Waals surface area contributed by atoms with Crippen molar-refractivity contribution in [1.82, 2.24) is 34.9 Å². The van der Waals surface area contributed by atoms with E-state index < -0.39 is 29.4 Å². The maximum Gasteiger partial charge on any atom is 0.416 e. The van der Waals surface area contributed by atoms with Crippen molar-refractivity contribution in [3.63, 3.8) is 0 Å². The van der Waals surface area contributed by atoms with Gasteiger partial charge < -0.3 is 19.2 Å². The van der Waals surface area contributed by atoms with Crippen molar-refractivity contribution in [3.05, 3.63) is 160 Å². The van der Waals surface area contributed by atoms with Gasteiger partial charge in [0.1, 0.15) is 35.2 Å². The van der Waals surface area contributed by atoms with Crippen LogP contribution in [0.4, 0.5) is 34.0 Å². The van der Waals surface area contributed by atoms with Gasteiger partial charge in [0.2, 0.25) is 23.7 Å². The van der Waals surface area contributed by atoms with Crippen molar-refractivity contribution in [2.45, 2.75) is 52.2 Å². The van der Waals surface area contributed by atoms with E-state index in [1.165, 1.54) is 48.7 Å². The number of carbonyl (C=O) groups is 2. The summed E-state index contributed by atoms with van der Waals surface area (Å²) >= 11 is 0. The number of aryl methyl sites for hydroxylation is 2. The largest absolute Gasteiger partial charge is 0.481 e. The fraction of sp³-hybridized carbons (Fsp3) is 0.217. The van der Waals surface area contributed by atoms with Gasteiger partial charge in [-0.25, -0.2) is 38.5 Å². The Labute approximate surface area is 365 Å². The van der Waals surface area contributed by atoms with Crippen LogP contribution < -0.4 is 19.7 Å². The Hall–Kier alpha value is -7.85. The molecule has 7 aromatic rings. The maximum absolute atomic E-state index is 14.5. The van der Waals surface area contributed by atoms with Gasteiger partial charge in [0.05, 0.1) is 44.8 Å². The molecule has 0 aromatic carbocycles. The summed E-state index contributed by atoms with van der Waals surface area (Å²) in [5, 5.41) is 3.39. The highest BCUT2D eigenvalue weighted by Gasteiger charge is 2.26. The van der Waals surface area contributed by atoms with E-state index in [4.69, 9.17) is 14.2 Å². The molecule has 1 aliphatic heterocycles. The highest BCUT2D eigenvalue weighted by molar-refractivity contribution is 5.87. The first-order valence-electron chi connectivity index (χ1n) is 19.6. The summed E-state index contributed by atoms with van der Waals surface area (Å²) in [4.78, 5) is 51.3. The second kappa shape index (κ2) is 20.8. The molecular weight excluding hydrogens is 835 g/mol. The second-order valence-electron chi connectivity index (χ2n) is 14.9. The highest BCUT2D eigenvalue weighted by atomic mass is 19.1. The van der Waals surface area contributed by atoms with Crippen LogP contribution in [0.25, 0.3) is 17.1 Å². The fourth-order valence-corrected chi connectivity index (χ4v) is 6.00. The number of fused-ring (bicyclic) bond motifs is 2. The van der Waals surface area contributed by atoms with Crippen molar-refractivity contribution in [1.29, 1.82) is 0 Å². The van der Waals surface area contributed by atoms with Crippen LogP contribution in [0.1, 0.15) is 64.6 Å². The van der Waals surface area contributed by atoms with E-state index in [1.807, 2.05) is 12.1 Å². The first-order valence-corrected chi connectivity index (χ1v) is 19.6. The van der Waals surface area contributed by atoms with Crippen LogP contribution in [0, 0.1) is 29.7 Å². The van der Waals surface area contributed by atoms with E-state index in [1.54, 1.807) is 70.6 Å². The number of aromatic amines is 1. The number of pyridine rings is 6. The lowest BCUT2D eigenvalue weighted by atomic mass is 10.0. The standard InChI is InChI=1S/C21H18F2N4O.C18H20FN3O4.C7H4FN2/c1-28-19-7-3-13(10-24-19)2-5-17-6-4-14(20(23)27-17)8-15-11-25-21-18(15)9-16(22)12-26-21;1-18(2,3)26-17(24)22(10-12-5-8-15(25-4)20-9-12)14-7-6-13(11-23)16(19)21-14;8-6-3-5-1-2-9-7(5)10-4-6/h3-4,6-7,9-12H,2,5,8H2,1H3,(H,25,26);5-9,11H,10H2,1-4H3;1,3-4H,(H,9,10)/q;;+1. The molecule has 1 amide bonds. The molecule has 2 N–H and O–H groups in total. The summed E-state index contributed by atoms with van der Waals surface area (Å²) in [6.45, 7) is 5.23. The normalized spacial score (nSPS) is 11.2. The molecule has 0 aliphatic carbocycles. The first kappa shape index (κ1) is 45.7. The van der Waals surface area contributed by atoms with Crippen molar-refractivity contribution in [3.8, 4) is 11.8 Å². The number of H-pyrrole nitrogens is 1. The second-order valence-corrected chi connectivity index (χ2v) is 14.9. The molecule has 64 heavy (non-hydrogen) atoms. The molecule has 8 rings (SSSR count). The first-order chi connectivity index (χ1) is 30.7. The van der Waals surface area contributed by atoms with Gasteiger partial charge in [-0.1, -0.05) is 18.2 Å². The molecule has 0 saturated heterocycles. The summed E-state index contributed by atoms with van der Waals surface area (Å²) in [5.74, 6) is -0.528. The smallest absolute Gasteiger partial charge is 0.416 e. The minimum atomic E-state index is -0.959. The summed E-state index contributed by atoms with van der Waals surface area (Å²) in [7, 11) is 3.07. The number of nitrogens with one attached hydrogen (secondary N) is 2. The van der Waals surface area contributed by atoms with Crippen molar-refractivity contribution in [2.75, 3.05) is 24.4 Å². The number of methoxy groups -OCH3 is 2. The monoisotopic (exact) mass is 876 g/mol. The Kier molecular flexibility index (Phi) is 14.9. The molecule has 8 heterocycles. The number of amides is 1. The molecule has 1 aliphatic rings. The fourth-order valence-electron chi connectivity index (χ4n) is 6.00. The van der Waals surface area contributed by atoms with Gasteiger partial charge in [0.25, 0.3) is 5.82 Å². The Morgan fingerprint density at radius 3 is 2.12 bits per heavy atom. The Morgan fingerprint density at radius 1 is 0.781 bits per heavy atom. The molecule has 18 heteroatoms. The van der Waals surface area contributed by atoms with Gasteiger partial charge in [0.15, 0.2) is 17.7 Å². The van der Waals surface area contributed by atoms with E-state index in [0.717, 1.165) is 22.9 Å². The SMILES string of the molecule is COc1ccc(CCc2ccc(Cc3c[nH]c4ncc(F)cc34)c(F)n2)cn1.COc1ccc(CN(C(=O)OC(C)(C)C)c2ccc(C=O)c(F)n2)cn1.Fc1cnc2c(c1)C=[C+]N2. The third kappa shape index (κ3) is 12.4. The predicted molar refractivity (Wildman–Crippen MR) is 230 cm³/mol. The number of aromatic nitrogens is 7. The summed E-state index contributed by atoms with van der Waals surface area (Å²) in [6, 6.07) is 16.1. The van der Waals surface area contributed by atoms with Crippen LogP contribution in [0.15, 0.2) is 91.6 Å². The molecule has 0 radical (unpaired) electrons. The lowest BCUT2D eigenvalue weighted by Gasteiger charge is -2.27. The zero-order valence-electron chi connectivity index (χ0n) is 35.3. The number of anilines is 2. The highest BCUT2D eigenvalue weighted by Crippen LogP contribution is 2.24. The molecule has 0 spiro atoms. The van der Waals surface area contributed by atoms with Crippen LogP contribution in [-0.4, -0.2) is 67.1 Å². The van der Waals surface area contributed by atoms with Gasteiger partial charge in [-0.2, -0.15) is 19.1 Å². The number of hydrogen-bond donors (Lipinski definition) is 2. The molecule has 0 fully saturated rings. The topological polar surface area (TPSA) is 170 Å². The van der Waals surface area contributed by atoms with Gasteiger partial charge in [-0.3, -0.25) is 9.69 Å². The van der Waals surface area contributed by atoms with Crippen LogP contribution in [0.2, 0.25) is 0 Å². The Bertz CT molecular complexity index is 2750. The minimum Gasteiger partial charge on any atom is -0.481 e.